The van der Waals surface area contributed by atoms with E-state index in [9.17, 15) is 9.59 Å². The molecule has 0 spiro atoms. The van der Waals surface area contributed by atoms with Crippen molar-refractivity contribution < 1.29 is 14.3 Å². The van der Waals surface area contributed by atoms with Crippen LogP contribution in [0.1, 0.15) is 43.5 Å². The Morgan fingerprint density at radius 3 is 2.89 bits per heavy atom. The van der Waals surface area contributed by atoms with E-state index in [1.54, 1.807) is 17.3 Å². The highest BCUT2D eigenvalue weighted by Gasteiger charge is 2.23. The molecule has 144 valence electrons. The fourth-order valence-corrected chi connectivity index (χ4v) is 3.00. The Bertz CT molecular complexity index is 839. The predicted molar refractivity (Wildman–Crippen MR) is 102 cm³/mol. The van der Waals surface area contributed by atoms with Gasteiger partial charge in [-0.25, -0.2) is 9.97 Å². The summed E-state index contributed by atoms with van der Waals surface area (Å²) in [7, 11) is 0. The van der Waals surface area contributed by atoms with E-state index < -0.39 is 0 Å². The van der Waals surface area contributed by atoms with Crippen molar-refractivity contribution in [3.05, 3.63) is 30.6 Å². The van der Waals surface area contributed by atoms with Gasteiger partial charge in [0.05, 0.1) is 11.8 Å². The SMILES string of the molecule is C=CC(=O)N1CCC(Oc2cnc3[nH]cc(C(=O)N[C@H](C)CC)c3n2)CC1. The number of hydrogen-bond donors (Lipinski definition) is 2. The maximum absolute atomic E-state index is 12.4. The minimum absolute atomic E-state index is 0.0399. The van der Waals surface area contributed by atoms with Gasteiger partial charge in [-0.2, -0.15) is 0 Å². The summed E-state index contributed by atoms with van der Waals surface area (Å²) in [6.45, 7) is 8.73. The number of carbonyl (C=O) groups excluding carboxylic acids is 2. The van der Waals surface area contributed by atoms with E-state index in [0.717, 1.165) is 6.42 Å². The van der Waals surface area contributed by atoms with Gasteiger partial charge in [-0.05, 0) is 19.4 Å². The third-order valence-electron chi connectivity index (χ3n) is 4.81. The molecule has 0 saturated carbocycles. The monoisotopic (exact) mass is 371 g/mol. The van der Waals surface area contributed by atoms with E-state index in [-0.39, 0.29) is 24.0 Å². The van der Waals surface area contributed by atoms with Crippen LogP contribution in [0.2, 0.25) is 0 Å². The largest absolute Gasteiger partial charge is 0.473 e. The van der Waals surface area contributed by atoms with Crippen LogP contribution in [0.15, 0.2) is 25.0 Å². The number of aromatic nitrogens is 3. The number of aromatic amines is 1. The number of likely N-dealkylation sites (tertiary alicyclic amines) is 1. The first kappa shape index (κ1) is 18.9. The van der Waals surface area contributed by atoms with Crippen LogP contribution in [-0.4, -0.2) is 56.9 Å². The van der Waals surface area contributed by atoms with Crippen molar-refractivity contribution in [3.63, 3.8) is 0 Å². The molecular formula is C19H25N5O3. The molecule has 0 aliphatic carbocycles. The highest BCUT2D eigenvalue weighted by molar-refractivity contribution is 6.04. The average molecular weight is 371 g/mol. The zero-order valence-electron chi connectivity index (χ0n) is 15.7. The molecule has 1 fully saturated rings. The second-order valence-electron chi connectivity index (χ2n) is 6.74. The van der Waals surface area contributed by atoms with Gasteiger partial charge < -0.3 is 19.9 Å². The van der Waals surface area contributed by atoms with Crippen molar-refractivity contribution in [3.8, 4) is 5.88 Å². The van der Waals surface area contributed by atoms with Crippen molar-refractivity contribution in [1.82, 2.24) is 25.2 Å². The van der Waals surface area contributed by atoms with Crippen LogP contribution < -0.4 is 10.1 Å². The van der Waals surface area contributed by atoms with Crippen molar-refractivity contribution in [2.24, 2.45) is 0 Å². The fraction of sp³-hybridized carbons (Fsp3) is 0.474. The van der Waals surface area contributed by atoms with Crippen LogP contribution in [0.4, 0.5) is 0 Å². The van der Waals surface area contributed by atoms with Crippen LogP contribution in [0, 0.1) is 0 Å². The molecule has 1 aliphatic rings. The Kier molecular flexibility index (Phi) is 5.73. The zero-order valence-corrected chi connectivity index (χ0v) is 15.7. The van der Waals surface area contributed by atoms with E-state index >= 15 is 0 Å². The number of fused-ring (bicyclic) bond motifs is 1. The average Bonchev–Trinajstić information content (AvgIpc) is 3.11. The van der Waals surface area contributed by atoms with E-state index in [1.807, 2.05) is 13.8 Å². The maximum atomic E-state index is 12.4. The second kappa shape index (κ2) is 8.20. The second-order valence-corrected chi connectivity index (χ2v) is 6.74. The quantitative estimate of drug-likeness (QED) is 0.757. The number of piperidine rings is 1. The molecule has 1 aliphatic heterocycles. The lowest BCUT2D eigenvalue weighted by Gasteiger charge is -2.31. The molecule has 8 heteroatoms. The van der Waals surface area contributed by atoms with Crippen LogP contribution in [-0.2, 0) is 4.79 Å². The first-order chi connectivity index (χ1) is 13.0. The summed E-state index contributed by atoms with van der Waals surface area (Å²) in [6, 6.07) is 0.0818. The topological polar surface area (TPSA) is 100 Å². The molecule has 8 nitrogen and oxygen atoms in total. The van der Waals surface area contributed by atoms with Crippen LogP contribution in [0.3, 0.4) is 0 Å². The first-order valence-corrected chi connectivity index (χ1v) is 9.24. The number of H-pyrrole nitrogens is 1. The van der Waals surface area contributed by atoms with Gasteiger partial charge in [0.1, 0.15) is 11.6 Å². The van der Waals surface area contributed by atoms with Crippen molar-refractivity contribution >= 4 is 23.0 Å². The van der Waals surface area contributed by atoms with Crippen LogP contribution in [0.25, 0.3) is 11.2 Å². The minimum Gasteiger partial charge on any atom is -0.473 e. The molecular weight excluding hydrogens is 346 g/mol. The molecule has 2 amide bonds. The summed E-state index contributed by atoms with van der Waals surface area (Å²) in [5.41, 5.74) is 1.49. The third kappa shape index (κ3) is 4.27. The lowest BCUT2D eigenvalue weighted by atomic mass is 10.1. The Hall–Kier alpha value is -2.90. The predicted octanol–water partition coefficient (Wildman–Crippen LogP) is 2.04. The standard InChI is InChI=1S/C19H25N5O3/c1-4-12(3)22-19(26)14-10-20-18-17(14)23-15(11-21-18)27-13-6-8-24(9-7-13)16(25)5-2/h5,10-13H,2,4,6-9H2,1,3H3,(H,20,21)(H,22,26)/t12-/m1/s1. The van der Waals surface area contributed by atoms with Crippen molar-refractivity contribution in [2.45, 2.75) is 45.3 Å². The molecule has 2 aromatic heterocycles. The smallest absolute Gasteiger partial charge is 0.255 e. The molecule has 3 heterocycles. The Labute approximate surface area is 158 Å². The molecule has 2 N–H and O–H groups in total. The van der Waals surface area contributed by atoms with E-state index in [0.29, 0.717) is 48.5 Å². The molecule has 27 heavy (non-hydrogen) atoms. The van der Waals surface area contributed by atoms with Crippen LogP contribution >= 0.6 is 0 Å². The molecule has 0 radical (unpaired) electrons. The lowest BCUT2D eigenvalue weighted by Crippen LogP contribution is -2.41. The zero-order chi connectivity index (χ0) is 19.4. The van der Waals surface area contributed by atoms with Gasteiger partial charge in [0, 0.05) is 38.2 Å². The van der Waals surface area contributed by atoms with E-state index in [1.165, 1.54) is 6.08 Å². The van der Waals surface area contributed by atoms with Gasteiger partial charge in [0.25, 0.3) is 5.91 Å². The van der Waals surface area contributed by atoms with Crippen LogP contribution in [0.5, 0.6) is 5.88 Å². The fourth-order valence-electron chi connectivity index (χ4n) is 3.00. The summed E-state index contributed by atoms with van der Waals surface area (Å²) >= 11 is 0. The summed E-state index contributed by atoms with van der Waals surface area (Å²) in [5, 5.41) is 2.93. The summed E-state index contributed by atoms with van der Waals surface area (Å²) in [6.07, 6.45) is 6.74. The van der Waals surface area contributed by atoms with Gasteiger partial charge >= 0.3 is 0 Å². The third-order valence-corrected chi connectivity index (χ3v) is 4.81. The maximum Gasteiger partial charge on any atom is 0.255 e. The number of carbonyl (C=O) groups is 2. The van der Waals surface area contributed by atoms with Gasteiger partial charge in [0.15, 0.2) is 5.65 Å². The van der Waals surface area contributed by atoms with E-state index in [4.69, 9.17) is 4.74 Å². The molecule has 1 atom stereocenters. The number of nitrogens with zero attached hydrogens (tertiary/aromatic N) is 3. The highest BCUT2D eigenvalue weighted by Crippen LogP contribution is 2.21. The van der Waals surface area contributed by atoms with Crippen molar-refractivity contribution in [2.75, 3.05) is 13.1 Å². The number of amides is 2. The molecule has 2 aromatic rings. The minimum atomic E-state index is -0.182. The summed E-state index contributed by atoms with van der Waals surface area (Å²) < 4.78 is 5.95. The number of ether oxygens (including phenoxy) is 1. The molecule has 0 unspecified atom stereocenters. The lowest BCUT2D eigenvalue weighted by molar-refractivity contribution is -0.127. The number of hydrogen-bond acceptors (Lipinski definition) is 5. The molecule has 0 aromatic carbocycles. The van der Waals surface area contributed by atoms with Crippen molar-refractivity contribution in [1.29, 1.82) is 0 Å². The van der Waals surface area contributed by atoms with Gasteiger partial charge in [0.2, 0.25) is 11.8 Å². The number of nitrogens with one attached hydrogen (secondary N) is 2. The van der Waals surface area contributed by atoms with Gasteiger partial charge in [-0.15, -0.1) is 0 Å². The summed E-state index contributed by atoms with van der Waals surface area (Å²) in [4.78, 5) is 37.6. The van der Waals surface area contributed by atoms with Gasteiger partial charge in [-0.1, -0.05) is 13.5 Å². The first-order valence-electron chi connectivity index (χ1n) is 9.24. The van der Waals surface area contributed by atoms with E-state index in [2.05, 4.69) is 26.8 Å². The molecule has 0 bridgehead atoms. The summed E-state index contributed by atoms with van der Waals surface area (Å²) in [5.74, 6) is 0.144. The highest BCUT2D eigenvalue weighted by atomic mass is 16.5. The Balaban J connectivity index is 1.69. The molecule has 3 rings (SSSR count). The molecule has 1 saturated heterocycles. The Morgan fingerprint density at radius 2 is 2.22 bits per heavy atom. The Morgan fingerprint density at radius 1 is 1.48 bits per heavy atom. The normalized spacial score (nSPS) is 16.1. The number of rotatable bonds is 6. The van der Waals surface area contributed by atoms with Gasteiger partial charge in [-0.3, -0.25) is 9.59 Å².